The molecule has 0 radical (unpaired) electrons. The Hall–Kier alpha value is -1.13. The van der Waals surface area contributed by atoms with Crippen molar-refractivity contribution < 1.29 is 14.8 Å². The standard InChI is InChI=1S/C20H39NO4/c1-2-3-4-5-6-7-8-9-10-11-12-13-14-15-16-17-18-19(20(22)23)21(24)25/h19H,2-18H2,1H3,(H,22,23). The van der Waals surface area contributed by atoms with E-state index in [0.717, 1.165) is 19.3 Å². The van der Waals surface area contributed by atoms with Gasteiger partial charge in [-0.25, -0.2) is 4.79 Å². The SMILES string of the molecule is CCCCCCCCCCCCCCCCCCC(C(=O)O)[N+](=O)[O-]. The van der Waals surface area contributed by atoms with E-state index in [2.05, 4.69) is 6.92 Å². The number of hydrogen-bond donors (Lipinski definition) is 1. The first-order chi connectivity index (χ1) is 12.1. The van der Waals surface area contributed by atoms with Crippen molar-refractivity contribution in [2.24, 2.45) is 0 Å². The predicted octanol–water partition coefficient (Wildman–Crippen LogP) is 6.37. The first-order valence-electron chi connectivity index (χ1n) is 10.5. The molecule has 5 heteroatoms. The third kappa shape index (κ3) is 16.1. The first-order valence-corrected chi connectivity index (χ1v) is 10.5. The Balaban J connectivity index is 3.21. The zero-order chi connectivity index (χ0) is 18.8. The van der Waals surface area contributed by atoms with Crippen molar-refractivity contribution in [1.82, 2.24) is 0 Å². The van der Waals surface area contributed by atoms with Crippen LogP contribution in [0.25, 0.3) is 0 Å². The molecule has 0 aromatic rings. The summed E-state index contributed by atoms with van der Waals surface area (Å²) in [5, 5.41) is 19.3. The maximum Gasteiger partial charge on any atom is 0.379 e. The molecule has 0 saturated carbocycles. The Morgan fingerprint density at radius 1 is 0.760 bits per heavy atom. The molecular weight excluding hydrogens is 318 g/mol. The van der Waals surface area contributed by atoms with Crippen LogP contribution in [0.5, 0.6) is 0 Å². The molecular formula is C20H39NO4. The summed E-state index contributed by atoms with van der Waals surface area (Å²) in [6.07, 6.45) is 20.1. The van der Waals surface area contributed by atoms with Crippen molar-refractivity contribution in [3.63, 3.8) is 0 Å². The van der Waals surface area contributed by atoms with Gasteiger partial charge >= 0.3 is 12.0 Å². The molecule has 0 saturated heterocycles. The van der Waals surface area contributed by atoms with Crippen LogP contribution in [0.1, 0.15) is 116 Å². The van der Waals surface area contributed by atoms with Crippen LogP contribution in [-0.2, 0) is 4.79 Å². The monoisotopic (exact) mass is 357 g/mol. The quantitative estimate of drug-likeness (QED) is 0.165. The van der Waals surface area contributed by atoms with Crippen molar-refractivity contribution >= 4 is 5.97 Å². The van der Waals surface area contributed by atoms with E-state index in [1.165, 1.54) is 77.0 Å². The van der Waals surface area contributed by atoms with Crippen LogP contribution in [0.3, 0.4) is 0 Å². The highest BCUT2D eigenvalue weighted by atomic mass is 16.6. The molecule has 1 N–H and O–H groups in total. The Morgan fingerprint density at radius 3 is 1.36 bits per heavy atom. The maximum atomic E-state index is 10.7. The summed E-state index contributed by atoms with van der Waals surface area (Å²) < 4.78 is 0. The molecule has 1 atom stereocenters. The molecule has 0 heterocycles. The minimum atomic E-state index is -1.42. The van der Waals surface area contributed by atoms with Crippen LogP contribution < -0.4 is 0 Å². The van der Waals surface area contributed by atoms with Gasteiger partial charge in [0.25, 0.3) is 0 Å². The van der Waals surface area contributed by atoms with Crippen molar-refractivity contribution in [3.05, 3.63) is 10.1 Å². The van der Waals surface area contributed by atoms with Crippen LogP contribution in [0, 0.1) is 10.1 Å². The number of carbonyl (C=O) groups is 1. The number of aliphatic carboxylic acids is 1. The van der Waals surface area contributed by atoms with Gasteiger partial charge in [-0.15, -0.1) is 0 Å². The summed E-state index contributed by atoms with van der Waals surface area (Å²) in [7, 11) is 0. The van der Waals surface area contributed by atoms with Crippen LogP contribution in [0.2, 0.25) is 0 Å². The topological polar surface area (TPSA) is 80.4 Å². The van der Waals surface area contributed by atoms with Crippen LogP contribution in [-0.4, -0.2) is 22.0 Å². The second-order valence-corrected chi connectivity index (χ2v) is 7.23. The third-order valence-electron chi connectivity index (χ3n) is 4.87. The fourth-order valence-corrected chi connectivity index (χ4v) is 3.20. The zero-order valence-corrected chi connectivity index (χ0v) is 16.2. The van der Waals surface area contributed by atoms with Crippen molar-refractivity contribution in [2.45, 2.75) is 122 Å². The van der Waals surface area contributed by atoms with Gasteiger partial charge in [-0.1, -0.05) is 103 Å². The van der Waals surface area contributed by atoms with Crippen molar-refractivity contribution in [1.29, 1.82) is 0 Å². The number of nitro groups is 1. The van der Waals surface area contributed by atoms with Gasteiger partial charge in [0.15, 0.2) is 0 Å². The lowest BCUT2D eigenvalue weighted by atomic mass is 10.0. The van der Waals surface area contributed by atoms with E-state index in [1.807, 2.05) is 0 Å². The highest BCUT2D eigenvalue weighted by Crippen LogP contribution is 2.14. The van der Waals surface area contributed by atoms with Gasteiger partial charge in [0, 0.05) is 11.3 Å². The molecule has 25 heavy (non-hydrogen) atoms. The largest absolute Gasteiger partial charge is 0.476 e. The molecule has 0 aliphatic heterocycles. The normalized spacial score (nSPS) is 12.2. The number of rotatable bonds is 19. The van der Waals surface area contributed by atoms with Gasteiger partial charge in [0.05, 0.1) is 0 Å². The molecule has 0 aliphatic carbocycles. The third-order valence-corrected chi connectivity index (χ3v) is 4.87. The Morgan fingerprint density at radius 2 is 1.08 bits per heavy atom. The average molecular weight is 358 g/mol. The van der Waals surface area contributed by atoms with E-state index in [9.17, 15) is 14.9 Å². The number of unbranched alkanes of at least 4 members (excludes halogenated alkanes) is 15. The molecule has 0 aliphatic rings. The fourth-order valence-electron chi connectivity index (χ4n) is 3.20. The smallest absolute Gasteiger partial charge is 0.379 e. The summed E-state index contributed by atoms with van der Waals surface area (Å²) in [4.78, 5) is 20.6. The van der Waals surface area contributed by atoms with Crippen LogP contribution in [0.15, 0.2) is 0 Å². The highest BCUT2D eigenvalue weighted by Gasteiger charge is 2.27. The van der Waals surface area contributed by atoms with Gasteiger partial charge in [-0.2, -0.15) is 0 Å². The van der Waals surface area contributed by atoms with Gasteiger partial charge < -0.3 is 5.11 Å². The van der Waals surface area contributed by atoms with E-state index in [-0.39, 0.29) is 6.42 Å². The van der Waals surface area contributed by atoms with Gasteiger partial charge in [0.2, 0.25) is 0 Å². The van der Waals surface area contributed by atoms with Crippen molar-refractivity contribution in [2.75, 3.05) is 0 Å². The van der Waals surface area contributed by atoms with E-state index in [4.69, 9.17) is 5.11 Å². The van der Waals surface area contributed by atoms with Gasteiger partial charge in [-0.05, 0) is 6.42 Å². The molecule has 0 rings (SSSR count). The first kappa shape index (κ1) is 23.9. The predicted molar refractivity (Wildman–Crippen MR) is 103 cm³/mol. The minimum Gasteiger partial charge on any atom is -0.476 e. The molecule has 0 fully saturated rings. The average Bonchev–Trinajstić information content (AvgIpc) is 2.57. The molecule has 5 nitrogen and oxygen atoms in total. The second kappa shape index (κ2) is 17.7. The molecule has 0 aromatic heterocycles. The summed E-state index contributed by atoms with van der Waals surface area (Å²) in [6.45, 7) is 2.26. The lowest BCUT2D eigenvalue weighted by Crippen LogP contribution is -2.28. The number of hydrogen-bond acceptors (Lipinski definition) is 3. The van der Waals surface area contributed by atoms with Gasteiger partial charge in [-0.3, -0.25) is 10.1 Å². The summed E-state index contributed by atoms with van der Waals surface area (Å²) in [6, 6.07) is -1.42. The molecule has 148 valence electrons. The van der Waals surface area contributed by atoms with Crippen LogP contribution in [0.4, 0.5) is 0 Å². The number of carboxylic acids is 1. The van der Waals surface area contributed by atoms with E-state index in [1.54, 1.807) is 0 Å². The molecule has 0 aromatic carbocycles. The minimum absolute atomic E-state index is 0.154. The zero-order valence-electron chi connectivity index (χ0n) is 16.2. The molecule has 0 spiro atoms. The van der Waals surface area contributed by atoms with E-state index < -0.39 is 16.9 Å². The van der Waals surface area contributed by atoms with Crippen LogP contribution >= 0.6 is 0 Å². The fraction of sp³-hybridized carbons (Fsp3) is 0.950. The molecule has 0 bridgehead atoms. The van der Waals surface area contributed by atoms with Crippen molar-refractivity contribution in [3.8, 4) is 0 Å². The molecule has 0 amide bonds. The number of nitrogens with zero attached hydrogens (tertiary/aromatic N) is 1. The van der Waals surface area contributed by atoms with Gasteiger partial charge in [0.1, 0.15) is 0 Å². The summed E-state index contributed by atoms with van der Waals surface area (Å²) >= 11 is 0. The Kier molecular flexibility index (Phi) is 16.9. The lowest BCUT2D eigenvalue weighted by Gasteiger charge is -2.05. The second-order valence-electron chi connectivity index (χ2n) is 7.23. The highest BCUT2D eigenvalue weighted by molar-refractivity contribution is 5.71. The molecule has 1 unspecified atom stereocenters. The Bertz CT molecular complexity index is 320. The summed E-state index contributed by atoms with van der Waals surface area (Å²) in [5.41, 5.74) is 0. The Labute approximate surface area is 153 Å². The lowest BCUT2D eigenvalue weighted by molar-refractivity contribution is -0.511. The summed E-state index contributed by atoms with van der Waals surface area (Å²) in [5.74, 6) is -1.31. The maximum absolute atomic E-state index is 10.7. The van der Waals surface area contributed by atoms with E-state index in [0.29, 0.717) is 6.42 Å². The number of carboxylic acid groups (broad SMARTS) is 1. The van der Waals surface area contributed by atoms with E-state index >= 15 is 0 Å².